The highest BCUT2D eigenvalue weighted by Crippen LogP contribution is 2.12. The second-order valence-corrected chi connectivity index (χ2v) is 2.90. The van der Waals surface area contributed by atoms with E-state index < -0.39 is 5.97 Å². The zero-order chi connectivity index (χ0) is 11.1. The van der Waals surface area contributed by atoms with Crippen molar-refractivity contribution in [3.63, 3.8) is 0 Å². The number of ether oxygens (including phenoxy) is 2. The monoisotopic (exact) mass is 226 g/mol. The summed E-state index contributed by atoms with van der Waals surface area (Å²) in [5, 5.41) is 0. The highest BCUT2D eigenvalue weighted by atomic mass is 35.5. The first kappa shape index (κ1) is 11.6. The summed E-state index contributed by atoms with van der Waals surface area (Å²) in [4.78, 5) is 10.9. The van der Waals surface area contributed by atoms with Gasteiger partial charge in [-0.05, 0) is 23.8 Å². The number of carbonyl (C=O) groups excluding carboxylic acids is 1. The minimum absolute atomic E-state index is 0.133. The smallest absolute Gasteiger partial charge is 0.331 e. The van der Waals surface area contributed by atoms with Crippen LogP contribution in [-0.2, 0) is 9.53 Å². The molecule has 80 valence electrons. The van der Waals surface area contributed by atoms with E-state index in [9.17, 15) is 4.79 Å². The molecule has 0 saturated heterocycles. The Bertz CT molecular complexity index is 343. The molecule has 1 aromatic carbocycles. The van der Waals surface area contributed by atoms with Crippen molar-refractivity contribution in [3.8, 4) is 5.75 Å². The summed E-state index contributed by atoms with van der Waals surface area (Å²) in [5.74, 6) is 0.316. The van der Waals surface area contributed by atoms with Gasteiger partial charge in [-0.25, -0.2) is 4.79 Å². The molecule has 0 saturated carbocycles. The van der Waals surface area contributed by atoms with Crippen molar-refractivity contribution in [1.29, 1.82) is 0 Å². The molecular formula is C11H11ClO3. The average Bonchev–Trinajstić information content (AvgIpc) is 2.27. The quantitative estimate of drug-likeness (QED) is 0.450. The Kier molecular flexibility index (Phi) is 4.71. The van der Waals surface area contributed by atoms with Gasteiger partial charge in [0, 0.05) is 6.08 Å². The molecule has 0 bridgehead atoms. The predicted molar refractivity (Wildman–Crippen MR) is 58.8 cm³/mol. The molecule has 0 aliphatic heterocycles. The topological polar surface area (TPSA) is 35.5 Å². The largest absolute Gasteiger partial charge is 0.497 e. The number of benzene rings is 1. The number of esters is 1. The third kappa shape index (κ3) is 4.04. The Morgan fingerprint density at radius 3 is 2.60 bits per heavy atom. The summed E-state index contributed by atoms with van der Waals surface area (Å²) < 4.78 is 9.52. The van der Waals surface area contributed by atoms with Crippen LogP contribution in [0.25, 0.3) is 6.08 Å². The number of hydrogen-bond donors (Lipinski definition) is 0. The van der Waals surface area contributed by atoms with Crippen LogP contribution in [-0.4, -0.2) is 19.1 Å². The molecule has 1 aromatic rings. The molecular weight excluding hydrogens is 216 g/mol. The molecule has 0 spiro atoms. The molecule has 0 N–H and O–H groups in total. The van der Waals surface area contributed by atoms with E-state index in [0.717, 1.165) is 11.3 Å². The van der Waals surface area contributed by atoms with Crippen molar-refractivity contribution in [2.75, 3.05) is 13.2 Å². The molecule has 4 heteroatoms. The van der Waals surface area contributed by atoms with Gasteiger partial charge in [-0.15, -0.1) is 0 Å². The molecule has 0 fully saturated rings. The SMILES string of the molecule is COc1ccc(/C=C/C(=O)OCCl)cc1. The van der Waals surface area contributed by atoms with Crippen molar-refractivity contribution >= 4 is 23.6 Å². The number of hydrogen-bond acceptors (Lipinski definition) is 3. The van der Waals surface area contributed by atoms with Crippen LogP contribution >= 0.6 is 11.6 Å². The maximum Gasteiger partial charge on any atom is 0.331 e. The molecule has 1 rings (SSSR count). The average molecular weight is 227 g/mol. The van der Waals surface area contributed by atoms with Gasteiger partial charge in [0.15, 0.2) is 6.07 Å². The van der Waals surface area contributed by atoms with Crippen LogP contribution in [0, 0.1) is 0 Å². The highest BCUT2D eigenvalue weighted by molar-refractivity contribution is 6.17. The number of methoxy groups -OCH3 is 1. The van der Waals surface area contributed by atoms with Crippen LogP contribution in [0.1, 0.15) is 5.56 Å². The van der Waals surface area contributed by atoms with Crippen LogP contribution < -0.4 is 4.74 Å². The predicted octanol–water partition coefficient (Wildman–Crippen LogP) is 2.45. The normalized spacial score (nSPS) is 10.3. The minimum atomic E-state index is -0.458. The van der Waals surface area contributed by atoms with E-state index in [1.165, 1.54) is 6.08 Å². The van der Waals surface area contributed by atoms with E-state index in [0.29, 0.717) is 0 Å². The molecule has 0 amide bonds. The lowest BCUT2D eigenvalue weighted by Gasteiger charge is -1.98. The first-order valence-corrected chi connectivity index (χ1v) is 4.84. The van der Waals surface area contributed by atoms with Crippen molar-refractivity contribution in [3.05, 3.63) is 35.9 Å². The molecule has 3 nitrogen and oxygen atoms in total. The fourth-order valence-electron chi connectivity index (χ4n) is 0.981. The summed E-state index contributed by atoms with van der Waals surface area (Å²) >= 11 is 5.22. The number of alkyl halides is 1. The zero-order valence-corrected chi connectivity index (χ0v) is 9.03. The van der Waals surface area contributed by atoms with E-state index in [-0.39, 0.29) is 6.07 Å². The van der Waals surface area contributed by atoms with Gasteiger partial charge in [0.05, 0.1) is 7.11 Å². The molecule has 15 heavy (non-hydrogen) atoms. The lowest BCUT2D eigenvalue weighted by atomic mass is 10.2. The van der Waals surface area contributed by atoms with Gasteiger partial charge in [0.25, 0.3) is 0 Å². The maximum absolute atomic E-state index is 10.9. The van der Waals surface area contributed by atoms with E-state index in [4.69, 9.17) is 16.3 Å². The molecule has 0 atom stereocenters. The summed E-state index contributed by atoms with van der Waals surface area (Å²) in [5.41, 5.74) is 0.891. The lowest BCUT2D eigenvalue weighted by Crippen LogP contribution is -1.97. The molecule has 0 heterocycles. The van der Waals surface area contributed by atoms with Crippen molar-refractivity contribution < 1.29 is 14.3 Å². The first-order valence-electron chi connectivity index (χ1n) is 4.31. The second-order valence-electron chi connectivity index (χ2n) is 2.68. The Hall–Kier alpha value is -1.48. The maximum atomic E-state index is 10.9. The van der Waals surface area contributed by atoms with Gasteiger partial charge < -0.3 is 9.47 Å². The Morgan fingerprint density at radius 1 is 1.40 bits per heavy atom. The second kappa shape index (κ2) is 6.09. The molecule has 0 aliphatic carbocycles. The van der Waals surface area contributed by atoms with Crippen LogP contribution in [0.5, 0.6) is 5.75 Å². The van der Waals surface area contributed by atoms with Gasteiger partial charge in [0.1, 0.15) is 5.75 Å². The molecule has 0 unspecified atom stereocenters. The first-order chi connectivity index (χ1) is 7.26. The van der Waals surface area contributed by atoms with E-state index >= 15 is 0 Å². The minimum Gasteiger partial charge on any atom is -0.497 e. The fourth-order valence-corrected chi connectivity index (χ4v) is 1.09. The third-order valence-corrected chi connectivity index (χ3v) is 1.83. The lowest BCUT2D eigenvalue weighted by molar-refractivity contribution is -0.135. The van der Waals surface area contributed by atoms with E-state index in [1.54, 1.807) is 13.2 Å². The summed E-state index contributed by atoms with van der Waals surface area (Å²) in [6.07, 6.45) is 2.97. The Morgan fingerprint density at radius 2 is 2.07 bits per heavy atom. The van der Waals surface area contributed by atoms with Gasteiger partial charge in [-0.2, -0.15) is 0 Å². The van der Waals surface area contributed by atoms with Crippen molar-refractivity contribution in [2.24, 2.45) is 0 Å². The highest BCUT2D eigenvalue weighted by Gasteiger charge is 1.94. The zero-order valence-electron chi connectivity index (χ0n) is 8.27. The van der Waals surface area contributed by atoms with Crippen molar-refractivity contribution in [2.45, 2.75) is 0 Å². The van der Waals surface area contributed by atoms with Gasteiger partial charge in [-0.1, -0.05) is 23.7 Å². The molecule has 0 radical (unpaired) electrons. The van der Waals surface area contributed by atoms with Gasteiger partial charge >= 0.3 is 5.97 Å². The van der Waals surface area contributed by atoms with Crippen LogP contribution in [0.3, 0.4) is 0 Å². The Labute approximate surface area is 93.3 Å². The van der Waals surface area contributed by atoms with Gasteiger partial charge in [0.2, 0.25) is 0 Å². The van der Waals surface area contributed by atoms with E-state index in [2.05, 4.69) is 4.74 Å². The van der Waals surface area contributed by atoms with Crippen molar-refractivity contribution in [1.82, 2.24) is 0 Å². The van der Waals surface area contributed by atoms with Crippen LogP contribution in [0.4, 0.5) is 0 Å². The molecule has 0 aliphatic rings. The fraction of sp³-hybridized carbons (Fsp3) is 0.182. The Balaban J connectivity index is 2.60. The molecule has 0 aromatic heterocycles. The number of carbonyl (C=O) groups is 1. The van der Waals surface area contributed by atoms with Gasteiger partial charge in [-0.3, -0.25) is 0 Å². The van der Waals surface area contributed by atoms with Crippen LogP contribution in [0.15, 0.2) is 30.3 Å². The number of rotatable bonds is 4. The standard InChI is InChI=1S/C11H11ClO3/c1-14-10-5-2-9(3-6-10)4-7-11(13)15-8-12/h2-7H,8H2,1H3/b7-4+. The number of halogens is 1. The van der Waals surface area contributed by atoms with E-state index in [1.807, 2.05) is 24.3 Å². The summed E-state index contributed by atoms with van der Waals surface area (Å²) in [6, 6.07) is 7.16. The summed E-state index contributed by atoms with van der Waals surface area (Å²) in [6.45, 7) is 0. The third-order valence-electron chi connectivity index (χ3n) is 1.72. The summed E-state index contributed by atoms with van der Waals surface area (Å²) in [7, 11) is 1.60. The van der Waals surface area contributed by atoms with Crippen LogP contribution in [0.2, 0.25) is 0 Å².